The van der Waals surface area contributed by atoms with E-state index in [1.807, 2.05) is 13.0 Å². The number of nitrogens with zero attached hydrogens (tertiary/aromatic N) is 1. The molecule has 2 N–H and O–H groups in total. The van der Waals surface area contributed by atoms with Gasteiger partial charge in [0, 0.05) is 18.0 Å². The lowest BCUT2D eigenvalue weighted by Gasteiger charge is -1.92. The van der Waals surface area contributed by atoms with E-state index >= 15 is 0 Å². The van der Waals surface area contributed by atoms with Crippen molar-refractivity contribution in [3.63, 3.8) is 0 Å². The Hall–Kier alpha value is -1.62. The maximum Gasteiger partial charge on any atom is 0.348 e. The van der Waals surface area contributed by atoms with Crippen LogP contribution in [-0.4, -0.2) is 21.0 Å². The molecule has 0 spiro atoms. The minimum atomic E-state index is -0.914. The van der Waals surface area contributed by atoms with E-state index in [9.17, 15) is 4.79 Å². The molecule has 0 unspecified atom stereocenters. The topological polar surface area (TPSA) is 66.0 Å². The molecule has 0 saturated carbocycles. The molecule has 0 aliphatic rings. The Kier molecular flexibility index (Phi) is 2.55. The molecule has 0 radical (unpaired) electrons. The predicted octanol–water partition coefficient (Wildman–Crippen LogP) is 2.40. The fourth-order valence-electron chi connectivity index (χ4n) is 1.33. The molecule has 2 aromatic heterocycles. The highest BCUT2D eigenvalue weighted by Gasteiger charge is 2.17. The van der Waals surface area contributed by atoms with Gasteiger partial charge in [-0.05, 0) is 12.5 Å². The molecule has 2 aromatic rings. The SMILES string of the molecule is CCc1nc(-c2cc[nH]c2)c(C(=O)O)s1. The summed E-state index contributed by atoms with van der Waals surface area (Å²) in [6.07, 6.45) is 4.27. The van der Waals surface area contributed by atoms with Gasteiger partial charge in [-0.15, -0.1) is 11.3 Å². The Morgan fingerprint density at radius 3 is 3.00 bits per heavy atom. The molecule has 0 aromatic carbocycles. The van der Waals surface area contributed by atoms with Crippen LogP contribution in [0.4, 0.5) is 0 Å². The van der Waals surface area contributed by atoms with Crippen LogP contribution in [0.15, 0.2) is 18.5 Å². The summed E-state index contributed by atoms with van der Waals surface area (Å²) in [4.78, 5) is 18.5. The van der Waals surface area contributed by atoms with Gasteiger partial charge in [-0.25, -0.2) is 9.78 Å². The molecule has 4 nitrogen and oxygen atoms in total. The van der Waals surface area contributed by atoms with E-state index in [0.717, 1.165) is 17.0 Å². The van der Waals surface area contributed by atoms with E-state index in [1.54, 1.807) is 12.4 Å². The number of hydrogen-bond acceptors (Lipinski definition) is 3. The van der Waals surface area contributed by atoms with E-state index in [-0.39, 0.29) is 0 Å². The average molecular weight is 222 g/mol. The van der Waals surface area contributed by atoms with E-state index in [1.165, 1.54) is 11.3 Å². The van der Waals surface area contributed by atoms with Crippen molar-refractivity contribution in [2.75, 3.05) is 0 Å². The van der Waals surface area contributed by atoms with Crippen molar-refractivity contribution < 1.29 is 9.90 Å². The van der Waals surface area contributed by atoms with Crippen LogP contribution < -0.4 is 0 Å². The quantitative estimate of drug-likeness (QED) is 0.838. The number of aromatic carboxylic acids is 1. The van der Waals surface area contributed by atoms with Crippen molar-refractivity contribution in [1.82, 2.24) is 9.97 Å². The summed E-state index contributed by atoms with van der Waals surface area (Å²) in [6.45, 7) is 1.96. The predicted molar refractivity (Wildman–Crippen MR) is 58.2 cm³/mol. The van der Waals surface area contributed by atoms with Crippen molar-refractivity contribution in [1.29, 1.82) is 0 Å². The molecule has 0 fully saturated rings. The van der Waals surface area contributed by atoms with E-state index < -0.39 is 5.97 Å². The molecule has 5 heteroatoms. The summed E-state index contributed by atoms with van der Waals surface area (Å²) >= 11 is 1.24. The molecule has 2 heterocycles. The van der Waals surface area contributed by atoms with Crippen LogP contribution >= 0.6 is 11.3 Å². The van der Waals surface area contributed by atoms with Crippen LogP contribution in [0.2, 0.25) is 0 Å². The first kappa shape index (κ1) is 9.92. The van der Waals surface area contributed by atoms with E-state index in [2.05, 4.69) is 9.97 Å². The lowest BCUT2D eigenvalue weighted by atomic mass is 10.2. The van der Waals surface area contributed by atoms with Crippen molar-refractivity contribution >= 4 is 17.3 Å². The number of aromatic amines is 1. The van der Waals surface area contributed by atoms with Crippen molar-refractivity contribution in [2.45, 2.75) is 13.3 Å². The van der Waals surface area contributed by atoms with Crippen LogP contribution in [0.3, 0.4) is 0 Å². The average Bonchev–Trinajstić information content (AvgIpc) is 2.86. The van der Waals surface area contributed by atoms with Crippen molar-refractivity contribution in [3.05, 3.63) is 28.3 Å². The number of thiazole rings is 1. The Morgan fingerprint density at radius 2 is 2.47 bits per heavy atom. The zero-order valence-electron chi connectivity index (χ0n) is 8.15. The normalized spacial score (nSPS) is 10.5. The number of hydrogen-bond donors (Lipinski definition) is 2. The van der Waals surface area contributed by atoms with Gasteiger partial charge in [0.15, 0.2) is 0 Å². The maximum absolute atomic E-state index is 11.0. The van der Waals surface area contributed by atoms with Crippen LogP contribution in [0.5, 0.6) is 0 Å². The summed E-state index contributed by atoms with van der Waals surface area (Å²) in [5, 5.41) is 9.88. The minimum absolute atomic E-state index is 0.312. The number of nitrogens with one attached hydrogen (secondary N) is 1. The van der Waals surface area contributed by atoms with Gasteiger partial charge in [0.05, 0.1) is 10.7 Å². The van der Waals surface area contributed by atoms with Gasteiger partial charge in [0.2, 0.25) is 0 Å². The summed E-state index contributed by atoms with van der Waals surface area (Å²) in [7, 11) is 0. The number of carboxylic acid groups (broad SMARTS) is 1. The molecule has 78 valence electrons. The van der Waals surface area contributed by atoms with Crippen molar-refractivity contribution in [3.8, 4) is 11.3 Å². The fraction of sp³-hybridized carbons (Fsp3) is 0.200. The Labute approximate surface area is 90.6 Å². The summed E-state index contributed by atoms with van der Waals surface area (Å²) in [6, 6.07) is 1.82. The highest BCUT2D eigenvalue weighted by Crippen LogP contribution is 2.28. The Bertz CT molecular complexity index is 474. The minimum Gasteiger partial charge on any atom is -0.477 e. The highest BCUT2D eigenvalue weighted by atomic mass is 32.1. The number of carboxylic acids is 1. The molecule has 2 rings (SSSR count). The van der Waals surface area contributed by atoms with Gasteiger partial charge in [-0.1, -0.05) is 6.92 Å². The summed E-state index contributed by atoms with van der Waals surface area (Å²) in [5.74, 6) is -0.914. The van der Waals surface area contributed by atoms with Gasteiger partial charge in [0.25, 0.3) is 0 Å². The first-order valence-corrected chi connectivity index (χ1v) is 5.40. The molecule has 0 atom stereocenters. The second kappa shape index (κ2) is 3.86. The molecule has 0 amide bonds. The van der Waals surface area contributed by atoms with Crippen LogP contribution in [0.1, 0.15) is 21.6 Å². The first-order valence-electron chi connectivity index (χ1n) is 4.58. The first-order chi connectivity index (χ1) is 7.22. The Balaban J connectivity index is 2.54. The van der Waals surface area contributed by atoms with Gasteiger partial charge >= 0.3 is 5.97 Å². The second-order valence-electron chi connectivity index (χ2n) is 3.04. The van der Waals surface area contributed by atoms with Crippen molar-refractivity contribution in [2.24, 2.45) is 0 Å². The third kappa shape index (κ3) is 1.78. The molecule has 0 aliphatic carbocycles. The zero-order chi connectivity index (χ0) is 10.8. The molecule has 0 saturated heterocycles. The molecule has 0 bridgehead atoms. The van der Waals surface area contributed by atoms with Crippen LogP contribution in [0.25, 0.3) is 11.3 Å². The second-order valence-corrected chi connectivity index (χ2v) is 4.13. The number of rotatable bonds is 3. The van der Waals surface area contributed by atoms with E-state index in [4.69, 9.17) is 5.11 Å². The fourth-order valence-corrected chi connectivity index (χ4v) is 2.19. The standard InChI is InChI=1S/C10H10N2O2S/c1-2-7-12-8(6-3-4-11-5-6)9(15-7)10(13)14/h3-5,11H,2H2,1H3,(H,13,14). The molecular formula is C10H10N2O2S. The van der Waals surface area contributed by atoms with E-state index in [0.29, 0.717) is 10.6 Å². The van der Waals surface area contributed by atoms with Gasteiger partial charge in [0.1, 0.15) is 4.88 Å². The van der Waals surface area contributed by atoms with Crippen LogP contribution in [0, 0.1) is 0 Å². The van der Waals surface area contributed by atoms with Gasteiger partial charge in [-0.3, -0.25) is 0 Å². The molecule has 0 aliphatic heterocycles. The third-order valence-electron chi connectivity index (χ3n) is 2.04. The third-order valence-corrected chi connectivity index (χ3v) is 3.23. The zero-order valence-corrected chi connectivity index (χ0v) is 8.97. The number of H-pyrrole nitrogens is 1. The Morgan fingerprint density at radius 1 is 1.67 bits per heavy atom. The molecular weight excluding hydrogens is 212 g/mol. The van der Waals surface area contributed by atoms with Crippen LogP contribution in [-0.2, 0) is 6.42 Å². The van der Waals surface area contributed by atoms with Gasteiger partial charge < -0.3 is 10.1 Å². The number of carbonyl (C=O) groups is 1. The lowest BCUT2D eigenvalue weighted by molar-refractivity contribution is 0.0702. The van der Waals surface area contributed by atoms with Gasteiger partial charge in [-0.2, -0.15) is 0 Å². The smallest absolute Gasteiger partial charge is 0.348 e. The number of aryl methyl sites for hydroxylation is 1. The largest absolute Gasteiger partial charge is 0.477 e. The number of aromatic nitrogens is 2. The highest BCUT2D eigenvalue weighted by molar-refractivity contribution is 7.14. The molecule has 15 heavy (non-hydrogen) atoms. The monoisotopic (exact) mass is 222 g/mol. The summed E-state index contributed by atoms with van der Waals surface area (Å²) < 4.78 is 0. The lowest BCUT2D eigenvalue weighted by Crippen LogP contribution is -1.94. The maximum atomic E-state index is 11.0. The summed E-state index contributed by atoms with van der Waals surface area (Å²) in [5.41, 5.74) is 1.38.